The maximum absolute atomic E-state index is 14.5. The number of nitrogens with one attached hydrogen (secondary N) is 3. The van der Waals surface area contributed by atoms with Gasteiger partial charge in [0.2, 0.25) is 6.79 Å². The number of ether oxygens (including phenoxy) is 5. The first-order valence-corrected chi connectivity index (χ1v) is 13.6. The molecule has 1 fully saturated rings. The topological polar surface area (TPSA) is 137 Å². The molecule has 0 radical (unpaired) electrons. The lowest BCUT2D eigenvalue weighted by Gasteiger charge is -2.38. The van der Waals surface area contributed by atoms with Gasteiger partial charge in [-0.15, -0.1) is 0 Å². The van der Waals surface area contributed by atoms with E-state index in [1.54, 1.807) is 41.3 Å². The second-order valence-electron chi connectivity index (χ2n) is 10.2. The van der Waals surface area contributed by atoms with Gasteiger partial charge in [-0.3, -0.25) is 9.59 Å². The van der Waals surface area contributed by atoms with Crippen molar-refractivity contribution in [2.45, 2.75) is 25.1 Å². The molecule has 3 aliphatic rings. The van der Waals surface area contributed by atoms with Gasteiger partial charge >= 0.3 is 6.03 Å². The normalized spacial score (nSPS) is 19.6. The first-order chi connectivity index (χ1) is 20.8. The molecule has 4 amide bonds. The predicted molar refractivity (Wildman–Crippen MR) is 150 cm³/mol. The van der Waals surface area contributed by atoms with Gasteiger partial charge in [-0.2, -0.15) is 0 Å². The van der Waals surface area contributed by atoms with Gasteiger partial charge in [0.25, 0.3) is 11.8 Å². The smallest absolute Gasteiger partial charge is 0.321 e. The van der Waals surface area contributed by atoms with Gasteiger partial charge in [0, 0.05) is 49.4 Å². The first-order valence-electron chi connectivity index (χ1n) is 13.6. The molecule has 6 rings (SSSR count). The van der Waals surface area contributed by atoms with E-state index < -0.39 is 29.8 Å². The third kappa shape index (κ3) is 6.35. The number of nitrogens with zero attached hydrogens (tertiary/aromatic N) is 1. The second kappa shape index (κ2) is 12.0. The number of hydrogen-bond donors (Lipinski definition) is 3. The number of benzene rings is 3. The van der Waals surface area contributed by atoms with Crippen LogP contribution >= 0.6 is 0 Å². The van der Waals surface area contributed by atoms with Crippen LogP contribution in [0.1, 0.15) is 22.3 Å². The van der Waals surface area contributed by atoms with Crippen molar-refractivity contribution in [2.75, 3.05) is 38.9 Å². The highest BCUT2D eigenvalue weighted by atomic mass is 19.1. The van der Waals surface area contributed by atoms with Gasteiger partial charge in [0.1, 0.15) is 17.7 Å². The van der Waals surface area contributed by atoms with Crippen LogP contribution in [0.4, 0.5) is 14.9 Å². The Hall–Kier alpha value is -5.20. The number of amides is 4. The molecule has 0 unspecified atom stereocenters. The fourth-order valence-corrected chi connectivity index (χ4v) is 5.11. The molecule has 224 valence electrons. The largest absolute Gasteiger partial charge is 0.493 e. The van der Waals surface area contributed by atoms with Crippen molar-refractivity contribution in [3.63, 3.8) is 0 Å². The van der Waals surface area contributed by atoms with E-state index in [1.807, 2.05) is 0 Å². The predicted octanol–water partition coefficient (Wildman–Crippen LogP) is 3.06. The second-order valence-corrected chi connectivity index (χ2v) is 10.2. The third-order valence-electron chi connectivity index (χ3n) is 7.27. The summed E-state index contributed by atoms with van der Waals surface area (Å²) < 4.78 is 42.4. The molecule has 0 spiro atoms. The minimum Gasteiger partial charge on any atom is -0.493 e. The zero-order valence-electron chi connectivity index (χ0n) is 23.2. The Bertz CT molecular complexity index is 1570. The van der Waals surface area contributed by atoms with Crippen LogP contribution in [-0.2, 0) is 11.3 Å². The molecule has 3 aromatic rings. The van der Waals surface area contributed by atoms with E-state index in [1.165, 1.54) is 25.3 Å². The zero-order chi connectivity index (χ0) is 29.9. The maximum atomic E-state index is 14.5. The number of carbonyl (C=O) groups is 3. The summed E-state index contributed by atoms with van der Waals surface area (Å²) in [6.07, 6.45) is -0.247. The number of rotatable bonds is 2. The highest BCUT2D eigenvalue weighted by Gasteiger charge is 2.35. The van der Waals surface area contributed by atoms with Crippen LogP contribution in [0.25, 0.3) is 0 Å². The summed E-state index contributed by atoms with van der Waals surface area (Å²) in [5, 5.41) is 8.52. The Balaban J connectivity index is 1.26. The summed E-state index contributed by atoms with van der Waals surface area (Å²) in [7, 11) is 1.45. The molecule has 3 aliphatic heterocycles. The number of likely N-dealkylation sites (tertiary alicyclic amines) is 1. The van der Waals surface area contributed by atoms with Crippen molar-refractivity contribution >= 4 is 23.5 Å². The van der Waals surface area contributed by atoms with Crippen LogP contribution in [-0.4, -0.2) is 68.5 Å². The van der Waals surface area contributed by atoms with E-state index in [0.29, 0.717) is 41.5 Å². The standard InChI is InChI=1S/C30H29FN4O8/c1-39-24-4-2-18-10-26(24)40-15-28(36)32-13-17-8-19(31)11-21(9-17)43-23-6-7-35(14-22(23)34-29(18)37)30(38)33-20-3-5-25-27(12-20)42-16-41-25/h2-5,8-12,22-23H,6-7,13-16H2,1H3,(H,32,36)(H,33,38)(H,34,37)/t22-,23+/m0/s1. The number of hydrogen-bond acceptors (Lipinski definition) is 8. The molecular weight excluding hydrogens is 563 g/mol. The molecule has 0 saturated carbocycles. The van der Waals surface area contributed by atoms with Crippen LogP contribution in [0.3, 0.4) is 0 Å². The van der Waals surface area contributed by atoms with Crippen molar-refractivity contribution in [1.82, 2.24) is 15.5 Å². The van der Waals surface area contributed by atoms with Gasteiger partial charge < -0.3 is 44.5 Å². The summed E-state index contributed by atoms with van der Waals surface area (Å²) in [4.78, 5) is 40.7. The van der Waals surface area contributed by atoms with E-state index in [4.69, 9.17) is 23.7 Å². The fourth-order valence-electron chi connectivity index (χ4n) is 5.11. The Labute approximate surface area is 246 Å². The van der Waals surface area contributed by atoms with E-state index in [-0.39, 0.29) is 49.6 Å². The van der Waals surface area contributed by atoms with E-state index in [2.05, 4.69) is 16.0 Å². The molecular formula is C30H29FN4O8. The lowest BCUT2D eigenvalue weighted by Crippen LogP contribution is -2.58. The molecule has 3 N–H and O–H groups in total. The molecule has 3 heterocycles. The van der Waals surface area contributed by atoms with Gasteiger partial charge in [0.05, 0.1) is 13.2 Å². The quantitative estimate of drug-likeness (QED) is 0.413. The molecule has 3 aromatic carbocycles. The summed E-state index contributed by atoms with van der Waals surface area (Å²) >= 11 is 0. The zero-order valence-corrected chi connectivity index (χ0v) is 23.2. The average Bonchev–Trinajstić information content (AvgIpc) is 3.47. The Morgan fingerprint density at radius 2 is 1.88 bits per heavy atom. The highest BCUT2D eigenvalue weighted by molar-refractivity contribution is 5.95. The average molecular weight is 593 g/mol. The molecule has 43 heavy (non-hydrogen) atoms. The van der Waals surface area contributed by atoms with E-state index in [9.17, 15) is 18.8 Å². The molecule has 1 saturated heterocycles. The Morgan fingerprint density at radius 1 is 1.02 bits per heavy atom. The Morgan fingerprint density at radius 3 is 2.74 bits per heavy atom. The van der Waals surface area contributed by atoms with Crippen LogP contribution in [0.15, 0.2) is 54.6 Å². The van der Waals surface area contributed by atoms with Crippen LogP contribution in [0, 0.1) is 5.82 Å². The van der Waals surface area contributed by atoms with Gasteiger partial charge in [0.15, 0.2) is 29.6 Å². The number of carbonyl (C=O) groups excluding carboxylic acids is 3. The molecule has 2 atom stereocenters. The Kier molecular flexibility index (Phi) is 7.77. The monoisotopic (exact) mass is 592 g/mol. The lowest BCUT2D eigenvalue weighted by atomic mass is 10.0. The number of anilines is 1. The fraction of sp³-hybridized carbons (Fsp3) is 0.300. The van der Waals surface area contributed by atoms with Crippen molar-refractivity contribution in [3.05, 3.63) is 71.5 Å². The van der Waals surface area contributed by atoms with Gasteiger partial charge in [-0.25, -0.2) is 9.18 Å². The van der Waals surface area contributed by atoms with E-state index >= 15 is 0 Å². The molecule has 12 nitrogen and oxygen atoms in total. The number of halogens is 1. The van der Waals surface area contributed by atoms with Crippen LogP contribution in [0.2, 0.25) is 0 Å². The van der Waals surface area contributed by atoms with Crippen LogP contribution in [0.5, 0.6) is 28.7 Å². The van der Waals surface area contributed by atoms with Crippen LogP contribution < -0.4 is 39.6 Å². The molecule has 13 heteroatoms. The number of piperidine rings is 1. The highest BCUT2D eigenvalue weighted by Crippen LogP contribution is 2.34. The number of methoxy groups -OCH3 is 1. The summed E-state index contributed by atoms with van der Waals surface area (Å²) in [6.45, 7) is 0.242. The molecule has 0 aromatic heterocycles. The maximum Gasteiger partial charge on any atom is 0.321 e. The first kappa shape index (κ1) is 27.9. The summed E-state index contributed by atoms with van der Waals surface area (Å²) in [5.41, 5.74) is 1.26. The van der Waals surface area contributed by atoms with Crippen molar-refractivity contribution < 1.29 is 42.5 Å². The third-order valence-corrected chi connectivity index (χ3v) is 7.27. The minimum atomic E-state index is -0.658. The van der Waals surface area contributed by atoms with Crippen molar-refractivity contribution in [2.24, 2.45) is 0 Å². The summed E-state index contributed by atoms with van der Waals surface area (Å²) in [5.74, 6) is 0.466. The van der Waals surface area contributed by atoms with Gasteiger partial charge in [-0.1, -0.05) is 0 Å². The van der Waals surface area contributed by atoms with Crippen molar-refractivity contribution in [3.8, 4) is 28.7 Å². The SMILES string of the molecule is COc1ccc2cc1OCC(=O)NCc1cc(F)cc(c1)O[C@@H]1CCN(C(=O)Nc3ccc4c(c3)OCO4)C[C@@H]1NC2=O. The number of urea groups is 1. The van der Waals surface area contributed by atoms with Crippen molar-refractivity contribution in [1.29, 1.82) is 0 Å². The minimum absolute atomic E-state index is 0.0477. The summed E-state index contributed by atoms with van der Waals surface area (Å²) in [6, 6.07) is 12.8. The lowest BCUT2D eigenvalue weighted by molar-refractivity contribution is -0.123. The molecule has 4 bridgehead atoms. The van der Waals surface area contributed by atoms with E-state index in [0.717, 1.165) is 0 Å². The van der Waals surface area contributed by atoms with Gasteiger partial charge in [-0.05, 0) is 48.0 Å². The number of fused-ring (bicyclic) bond motifs is 6. The molecule has 0 aliphatic carbocycles.